The van der Waals surface area contributed by atoms with Gasteiger partial charge in [0.15, 0.2) is 0 Å². The van der Waals surface area contributed by atoms with Gasteiger partial charge in [0, 0.05) is 6.42 Å². The van der Waals surface area contributed by atoms with E-state index in [1.807, 2.05) is 6.08 Å². The van der Waals surface area contributed by atoms with Crippen LogP contribution >= 0.6 is 0 Å². The molecule has 4 heteroatoms. The van der Waals surface area contributed by atoms with Crippen LogP contribution in [0.5, 0.6) is 0 Å². The van der Waals surface area contributed by atoms with Crippen LogP contribution < -0.4 is 5.32 Å². The number of nitrogens with one attached hydrogen (secondary N) is 1. The summed E-state index contributed by atoms with van der Waals surface area (Å²) in [6, 6.07) is -0.656. The van der Waals surface area contributed by atoms with Gasteiger partial charge in [0.05, 0.1) is 18.8 Å². The second kappa shape index (κ2) is 48.5. The van der Waals surface area contributed by atoms with Crippen LogP contribution in [0.15, 0.2) is 60.8 Å². The van der Waals surface area contributed by atoms with Crippen LogP contribution in [0.2, 0.25) is 0 Å². The molecule has 0 aliphatic heterocycles. The predicted molar refractivity (Wildman–Crippen MR) is 253 cm³/mol. The van der Waals surface area contributed by atoms with Gasteiger partial charge in [-0.3, -0.25) is 4.79 Å². The number of allylic oxidation sites excluding steroid dienone is 9. The first-order chi connectivity index (χ1) is 28.2. The van der Waals surface area contributed by atoms with Crippen LogP contribution in [-0.2, 0) is 4.79 Å². The normalized spacial score (nSPS) is 13.4. The third kappa shape index (κ3) is 45.0. The Labute approximate surface area is 356 Å². The highest BCUT2D eigenvalue weighted by Crippen LogP contribution is 2.16. The molecule has 0 aromatic rings. The zero-order valence-corrected chi connectivity index (χ0v) is 38.1. The number of carbonyl (C=O) groups excluding carboxylic acids is 1. The van der Waals surface area contributed by atoms with Gasteiger partial charge in [-0.05, 0) is 64.2 Å². The van der Waals surface area contributed by atoms with E-state index in [0.717, 1.165) is 64.2 Å². The van der Waals surface area contributed by atoms with Gasteiger partial charge in [0.2, 0.25) is 5.91 Å². The van der Waals surface area contributed by atoms with Crippen molar-refractivity contribution in [1.29, 1.82) is 0 Å². The van der Waals surface area contributed by atoms with E-state index in [4.69, 9.17) is 0 Å². The Kier molecular flexibility index (Phi) is 46.8. The van der Waals surface area contributed by atoms with E-state index in [1.54, 1.807) is 6.08 Å². The van der Waals surface area contributed by atoms with Gasteiger partial charge in [-0.1, -0.05) is 242 Å². The van der Waals surface area contributed by atoms with Crippen LogP contribution in [0, 0.1) is 0 Å². The third-order valence-corrected chi connectivity index (χ3v) is 11.2. The number of aliphatic hydroxyl groups is 2. The quantitative estimate of drug-likeness (QED) is 0.0425. The molecule has 0 aliphatic rings. The average molecular weight is 796 g/mol. The molecule has 0 radical (unpaired) electrons. The van der Waals surface area contributed by atoms with Crippen molar-refractivity contribution in [3.05, 3.63) is 60.8 Å². The summed E-state index contributed by atoms with van der Waals surface area (Å²) in [7, 11) is 0. The highest BCUT2D eigenvalue weighted by molar-refractivity contribution is 5.76. The highest BCUT2D eigenvalue weighted by atomic mass is 16.3. The first kappa shape index (κ1) is 55.1. The monoisotopic (exact) mass is 796 g/mol. The van der Waals surface area contributed by atoms with Crippen LogP contribution in [0.3, 0.4) is 0 Å². The molecular weight excluding hydrogens is 699 g/mol. The van der Waals surface area contributed by atoms with Gasteiger partial charge < -0.3 is 15.5 Å². The van der Waals surface area contributed by atoms with Crippen LogP contribution in [-0.4, -0.2) is 34.9 Å². The van der Waals surface area contributed by atoms with Crippen LogP contribution in [0.1, 0.15) is 251 Å². The van der Waals surface area contributed by atoms with E-state index in [9.17, 15) is 15.0 Å². The minimum absolute atomic E-state index is 0.103. The Morgan fingerprint density at radius 3 is 1.23 bits per heavy atom. The lowest BCUT2D eigenvalue weighted by molar-refractivity contribution is -0.123. The molecule has 1 amide bonds. The molecule has 0 aromatic carbocycles. The highest BCUT2D eigenvalue weighted by Gasteiger charge is 2.17. The molecule has 332 valence electrons. The third-order valence-electron chi connectivity index (χ3n) is 11.2. The molecule has 0 saturated heterocycles. The molecule has 0 spiro atoms. The van der Waals surface area contributed by atoms with Gasteiger partial charge in [-0.25, -0.2) is 0 Å². The fourth-order valence-corrected chi connectivity index (χ4v) is 7.45. The average Bonchev–Trinajstić information content (AvgIpc) is 3.22. The lowest BCUT2D eigenvalue weighted by Gasteiger charge is -2.19. The second-order valence-electron chi connectivity index (χ2n) is 16.8. The molecule has 0 aliphatic carbocycles. The van der Waals surface area contributed by atoms with Crippen molar-refractivity contribution in [1.82, 2.24) is 5.32 Å². The minimum Gasteiger partial charge on any atom is -0.394 e. The van der Waals surface area contributed by atoms with Gasteiger partial charge in [0.1, 0.15) is 0 Å². The van der Waals surface area contributed by atoms with Crippen molar-refractivity contribution in [2.75, 3.05) is 6.61 Å². The predicted octanol–water partition coefficient (Wildman–Crippen LogP) is 16.1. The number of hydrogen-bond donors (Lipinski definition) is 3. The van der Waals surface area contributed by atoms with Crippen molar-refractivity contribution in [2.24, 2.45) is 0 Å². The fraction of sp³-hybridized carbons (Fsp3) is 0.792. The Morgan fingerprint density at radius 2 is 0.789 bits per heavy atom. The number of hydrogen-bond acceptors (Lipinski definition) is 3. The molecular formula is C53H97NO3. The van der Waals surface area contributed by atoms with Gasteiger partial charge in [-0.15, -0.1) is 0 Å². The summed E-state index contributed by atoms with van der Waals surface area (Å²) >= 11 is 0. The van der Waals surface area contributed by atoms with E-state index in [0.29, 0.717) is 6.42 Å². The molecule has 0 saturated carbocycles. The summed E-state index contributed by atoms with van der Waals surface area (Å²) in [4.78, 5) is 12.3. The van der Waals surface area contributed by atoms with Gasteiger partial charge in [-0.2, -0.15) is 0 Å². The zero-order valence-electron chi connectivity index (χ0n) is 38.1. The molecule has 2 atom stereocenters. The molecule has 2 unspecified atom stereocenters. The topological polar surface area (TPSA) is 69.6 Å². The molecule has 0 heterocycles. The Bertz CT molecular complexity index is 950. The molecule has 0 rings (SSSR count). The van der Waals surface area contributed by atoms with Crippen LogP contribution in [0.25, 0.3) is 0 Å². The van der Waals surface area contributed by atoms with E-state index in [-0.39, 0.29) is 12.5 Å². The number of unbranched alkanes of at least 4 members (excludes halogenated alkanes) is 30. The number of rotatable bonds is 45. The summed E-state index contributed by atoms with van der Waals surface area (Å²) in [6.07, 6.45) is 68.1. The zero-order chi connectivity index (χ0) is 41.4. The van der Waals surface area contributed by atoms with Crippen molar-refractivity contribution >= 4 is 5.91 Å². The standard InChI is InChI=1S/C53H97NO3/c1-3-5-7-9-11-13-15-17-18-19-20-21-22-23-24-25-26-27-28-29-30-31-32-33-34-35-37-38-40-42-44-46-48-52(56)51(50-55)54-53(57)49-47-45-43-41-39-36-16-14-12-10-8-6-4-2/h6,8,12,14,36,38-40,46,48,51-52,55-56H,3-5,7,9-11,13,15-35,37,41-45,47,49-50H2,1-2H3,(H,54,57)/b8-6-,14-12-,39-36-,40-38+,48-46+. The summed E-state index contributed by atoms with van der Waals surface area (Å²) < 4.78 is 0. The fourth-order valence-electron chi connectivity index (χ4n) is 7.45. The first-order valence-electron chi connectivity index (χ1n) is 25.0. The van der Waals surface area contributed by atoms with E-state index < -0.39 is 12.1 Å². The molecule has 0 fully saturated rings. The Balaban J connectivity index is 3.51. The van der Waals surface area contributed by atoms with Crippen molar-refractivity contribution < 1.29 is 15.0 Å². The summed E-state index contributed by atoms with van der Waals surface area (Å²) in [5.41, 5.74) is 0. The number of amides is 1. The maximum Gasteiger partial charge on any atom is 0.220 e. The van der Waals surface area contributed by atoms with Gasteiger partial charge in [0.25, 0.3) is 0 Å². The largest absolute Gasteiger partial charge is 0.394 e. The Morgan fingerprint density at radius 1 is 0.439 bits per heavy atom. The molecule has 4 nitrogen and oxygen atoms in total. The minimum atomic E-state index is -0.877. The summed E-state index contributed by atoms with van der Waals surface area (Å²) in [5, 5.41) is 23.0. The summed E-state index contributed by atoms with van der Waals surface area (Å²) in [6.45, 7) is 4.18. The van der Waals surface area contributed by atoms with Crippen molar-refractivity contribution in [3.63, 3.8) is 0 Å². The Hall–Kier alpha value is -1.91. The smallest absolute Gasteiger partial charge is 0.220 e. The molecule has 57 heavy (non-hydrogen) atoms. The maximum absolute atomic E-state index is 12.3. The first-order valence-corrected chi connectivity index (χ1v) is 25.0. The second-order valence-corrected chi connectivity index (χ2v) is 16.8. The van der Waals surface area contributed by atoms with E-state index in [2.05, 4.69) is 67.8 Å². The van der Waals surface area contributed by atoms with Crippen LogP contribution in [0.4, 0.5) is 0 Å². The van der Waals surface area contributed by atoms with Crippen molar-refractivity contribution in [2.45, 2.75) is 264 Å². The maximum atomic E-state index is 12.3. The molecule has 0 bridgehead atoms. The number of carbonyl (C=O) groups is 1. The van der Waals surface area contributed by atoms with E-state index in [1.165, 1.54) is 167 Å². The van der Waals surface area contributed by atoms with Crippen molar-refractivity contribution in [3.8, 4) is 0 Å². The lowest BCUT2D eigenvalue weighted by Crippen LogP contribution is -2.45. The number of aliphatic hydroxyl groups excluding tert-OH is 2. The van der Waals surface area contributed by atoms with E-state index >= 15 is 0 Å². The lowest BCUT2D eigenvalue weighted by atomic mass is 10.0. The molecule has 0 aromatic heterocycles. The molecule has 3 N–H and O–H groups in total. The van der Waals surface area contributed by atoms with Gasteiger partial charge >= 0.3 is 0 Å². The SMILES string of the molecule is CC/C=C\C/C=C\C/C=C\CCCCCC(=O)NC(CO)C(O)/C=C/CC/C=C/CCCCCCCCCCCCCCCCCCCCCCCCCCCC. The summed E-state index contributed by atoms with van der Waals surface area (Å²) in [5.74, 6) is -0.103.